The Balaban J connectivity index is 2.71. The lowest BCUT2D eigenvalue weighted by Gasteiger charge is -1.96. The van der Waals surface area contributed by atoms with Crippen molar-refractivity contribution < 1.29 is 0 Å². The third kappa shape index (κ3) is 2.72. The molecule has 0 aliphatic carbocycles. The predicted octanol–water partition coefficient (Wildman–Crippen LogP) is 2.09. The fourth-order valence-electron chi connectivity index (χ4n) is 0.954. The van der Waals surface area contributed by atoms with Crippen LogP contribution in [-0.4, -0.2) is 5.75 Å². The predicted molar refractivity (Wildman–Crippen MR) is 57.2 cm³/mol. The zero-order valence-corrected chi connectivity index (χ0v) is 7.80. The molecule has 1 aromatic carbocycles. The summed E-state index contributed by atoms with van der Waals surface area (Å²) >= 11 is 4.08. The molecule has 0 aromatic heterocycles. The van der Waals surface area contributed by atoms with Crippen molar-refractivity contribution in [2.75, 3.05) is 5.75 Å². The van der Waals surface area contributed by atoms with Gasteiger partial charge >= 0.3 is 0 Å². The Labute approximate surface area is 78.7 Å². The molecular weight excluding hydrogens is 166 g/mol. The minimum Gasteiger partial charge on any atom is -0.326 e. The number of thiol groups is 1. The van der Waals surface area contributed by atoms with E-state index in [1.165, 1.54) is 5.56 Å². The minimum atomic E-state index is 0.608. The minimum absolute atomic E-state index is 0.608. The summed E-state index contributed by atoms with van der Waals surface area (Å²) in [5.41, 5.74) is 7.83. The van der Waals surface area contributed by atoms with E-state index in [2.05, 4.69) is 24.8 Å². The summed E-state index contributed by atoms with van der Waals surface area (Å²) in [7, 11) is 0. The van der Waals surface area contributed by atoms with E-state index in [1.54, 1.807) is 0 Å². The second-order valence-electron chi connectivity index (χ2n) is 2.53. The van der Waals surface area contributed by atoms with Crippen molar-refractivity contribution in [1.82, 2.24) is 0 Å². The summed E-state index contributed by atoms with van der Waals surface area (Å²) in [6.07, 6.45) is 4.06. The molecule has 1 aromatic rings. The Morgan fingerprint density at radius 3 is 2.42 bits per heavy atom. The number of nitrogens with two attached hydrogens (primary N) is 1. The standard InChI is InChI=1S/C10H13NS/c11-8-10-5-3-9(4-6-10)2-1-7-12/h1-6,12H,7-8,11H2. The van der Waals surface area contributed by atoms with Crippen LogP contribution in [0.2, 0.25) is 0 Å². The van der Waals surface area contributed by atoms with Gasteiger partial charge in [-0.2, -0.15) is 12.6 Å². The number of hydrogen-bond donors (Lipinski definition) is 2. The van der Waals surface area contributed by atoms with Crippen molar-refractivity contribution in [2.24, 2.45) is 5.73 Å². The van der Waals surface area contributed by atoms with E-state index < -0.39 is 0 Å². The van der Waals surface area contributed by atoms with E-state index in [1.807, 2.05) is 24.3 Å². The average Bonchev–Trinajstić information content (AvgIpc) is 2.15. The van der Waals surface area contributed by atoms with E-state index >= 15 is 0 Å². The highest BCUT2D eigenvalue weighted by atomic mass is 32.1. The van der Waals surface area contributed by atoms with Gasteiger partial charge < -0.3 is 5.73 Å². The van der Waals surface area contributed by atoms with Gasteiger partial charge in [0.05, 0.1) is 0 Å². The molecule has 0 fully saturated rings. The summed E-state index contributed by atoms with van der Waals surface area (Å²) in [4.78, 5) is 0. The van der Waals surface area contributed by atoms with E-state index in [9.17, 15) is 0 Å². The molecule has 12 heavy (non-hydrogen) atoms. The van der Waals surface area contributed by atoms with Gasteiger partial charge in [-0.1, -0.05) is 36.4 Å². The van der Waals surface area contributed by atoms with Crippen molar-refractivity contribution in [2.45, 2.75) is 6.54 Å². The van der Waals surface area contributed by atoms with Crippen LogP contribution in [0.25, 0.3) is 6.08 Å². The Hall–Kier alpha value is -0.730. The van der Waals surface area contributed by atoms with Gasteiger partial charge in [0.15, 0.2) is 0 Å². The van der Waals surface area contributed by atoms with Gasteiger partial charge in [0, 0.05) is 12.3 Å². The van der Waals surface area contributed by atoms with Crippen LogP contribution in [0.4, 0.5) is 0 Å². The first-order valence-electron chi connectivity index (χ1n) is 3.93. The second kappa shape index (κ2) is 5.01. The van der Waals surface area contributed by atoms with Crippen LogP contribution in [-0.2, 0) is 6.54 Å². The maximum absolute atomic E-state index is 5.47. The van der Waals surface area contributed by atoms with Gasteiger partial charge in [-0.25, -0.2) is 0 Å². The molecule has 64 valence electrons. The highest BCUT2D eigenvalue weighted by molar-refractivity contribution is 7.80. The van der Waals surface area contributed by atoms with Crippen molar-refractivity contribution >= 4 is 18.7 Å². The zero-order valence-electron chi connectivity index (χ0n) is 6.90. The molecular formula is C10H13NS. The molecule has 1 nitrogen and oxygen atoms in total. The lowest BCUT2D eigenvalue weighted by molar-refractivity contribution is 1.07. The molecule has 2 heteroatoms. The van der Waals surface area contributed by atoms with Crippen LogP contribution in [0.15, 0.2) is 30.3 Å². The summed E-state index contributed by atoms with van der Waals surface area (Å²) in [6, 6.07) is 8.20. The van der Waals surface area contributed by atoms with Crippen LogP contribution in [0.1, 0.15) is 11.1 Å². The number of rotatable bonds is 3. The van der Waals surface area contributed by atoms with Gasteiger partial charge in [-0.3, -0.25) is 0 Å². The van der Waals surface area contributed by atoms with Crippen LogP contribution in [0, 0.1) is 0 Å². The molecule has 0 saturated heterocycles. The maximum atomic E-state index is 5.47. The fraction of sp³-hybridized carbons (Fsp3) is 0.200. The first-order chi connectivity index (χ1) is 5.86. The summed E-state index contributed by atoms with van der Waals surface area (Å²) in [5.74, 6) is 0.776. The summed E-state index contributed by atoms with van der Waals surface area (Å²) < 4.78 is 0. The molecule has 0 amide bonds. The van der Waals surface area contributed by atoms with E-state index in [4.69, 9.17) is 5.73 Å². The molecule has 2 N–H and O–H groups in total. The molecule has 0 radical (unpaired) electrons. The first kappa shape index (κ1) is 9.36. The van der Waals surface area contributed by atoms with E-state index in [-0.39, 0.29) is 0 Å². The van der Waals surface area contributed by atoms with Crippen LogP contribution < -0.4 is 5.73 Å². The van der Waals surface area contributed by atoms with E-state index in [0.717, 1.165) is 11.3 Å². The molecule has 0 spiro atoms. The molecule has 0 atom stereocenters. The SMILES string of the molecule is NCc1ccc(C=CCS)cc1. The number of benzene rings is 1. The Morgan fingerprint density at radius 2 is 1.92 bits per heavy atom. The Bertz CT molecular complexity index is 251. The lowest BCUT2D eigenvalue weighted by atomic mass is 10.1. The highest BCUT2D eigenvalue weighted by Gasteiger charge is 1.87. The molecule has 0 bridgehead atoms. The molecule has 0 saturated carbocycles. The number of hydrogen-bond acceptors (Lipinski definition) is 2. The Kier molecular flexibility index (Phi) is 3.91. The van der Waals surface area contributed by atoms with Crippen molar-refractivity contribution in [3.63, 3.8) is 0 Å². The van der Waals surface area contributed by atoms with Gasteiger partial charge in [-0.15, -0.1) is 0 Å². The monoisotopic (exact) mass is 179 g/mol. The first-order valence-corrected chi connectivity index (χ1v) is 4.56. The third-order valence-electron chi connectivity index (χ3n) is 1.63. The van der Waals surface area contributed by atoms with Crippen molar-refractivity contribution in [3.8, 4) is 0 Å². The fourth-order valence-corrected chi connectivity index (χ4v) is 1.06. The smallest absolute Gasteiger partial charge is 0.0178 e. The molecule has 0 aliphatic heterocycles. The normalized spacial score (nSPS) is 10.8. The molecule has 0 aliphatic rings. The molecule has 0 heterocycles. The maximum Gasteiger partial charge on any atom is 0.0178 e. The topological polar surface area (TPSA) is 26.0 Å². The summed E-state index contributed by atoms with van der Waals surface area (Å²) in [6.45, 7) is 0.608. The zero-order chi connectivity index (χ0) is 8.81. The highest BCUT2D eigenvalue weighted by Crippen LogP contribution is 2.05. The van der Waals surface area contributed by atoms with Crippen molar-refractivity contribution in [3.05, 3.63) is 41.5 Å². The van der Waals surface area contributed by atoms with Crippen LogP contribution >= 0.6 is 12.6 Å². The van der Waals surface area contributed by atoms with Gasteiger partial charge in [0.2, 0.25) is 0 Å². The molecule has 1 rings (SSSR count). The van der Waals surface area contributed by atoms with Gasteiger partial charge in [0.1, 0.15) is 0 Å². The quantitative estimate of drug-likeness (QED) is 0.683. The van der Waals surface area contributed by atoms with Crippen molar-refractivity contribution in [1.29, 1.82) is 0 Å². The second-order valence-corrected chi connectivity index (χ2v) is 2.90. The van der Waals surface area contributed by atoms with Crippen LogP contribution in [0.3, 0.4) is 0 Å². The van der Waals surface area contributed by atoms with Gasteiger partial charge in [0.25, 0.3) is 0 Å². The van der Waals surface area contributed by atoms with Crippen LogP contribution in [0.5, 0.6) is 0 Å². The Morgan fingerprint density at radius 1 is 1.25 bits per heavy atom. The van der Waals surface area contributed by atoms with E-state index in [0.29, 0.717) is 6.54 Å². The lowest BCUT2D eigenvalue weighted by Crippen LogP contribution is -1.94. The average molecular weight is 179 g/mol. The third-order valence-corrected chi connectivity index (χ3v) is 1.84. The van der Waals surface area contributed by atoms with Gasteiger partial charge in [-0.05, 0) is 11.1 Å². The molecule has 0 unspecified atom stereocenters. The largest absolute Gasteiger partial charge is 0.326 e. The summed E-state index contributed by atoms with van der Waals surface area (Å²) in [5, 5.41) is 0.